The monoisotopic (exact) mass is 960 g/mol. The van der Waals surface area contributed by atoms with Gasteiger partial charge in [0.1, 0.15) is 24.4 Å². The van der Waals surface area contributed by atoms with Crippen molar-refractivity contribution < 1.29 is 52.5 Å². The number of hydrazine groups is 1. The molecular weight excluding hydrogens is 897 g/mol. The van der Waals surface area contributed by atoms with Gasteiger partial charge in [0.25, 0.3) is 11.8 Å². The number of carbonyl (C=O) groups is 7. The number of carbonyl (C=O) groups excluding carboxylic acids is 7. The summed E-state index contributed by atoms with van der Waals surface area (Å²) in [4.78, 5) is 96.4. The molecule has 0 bridgehead atoms. The van der Waals surface area contributed by atoms with Crippen molar-refractivity contribution in [3.8, 4) is 11.5 Å². The van der Waals surface area contributed by atoms with Crippen molar-refractivity contribution in [2.24, 2.45) is 22.7 Å². The number of hydrogen-bond donors (Lipinski definition) is 0. The number of Topliss-reactive ketones (excluding diaryl/α,β-unsaturated/α-hetero) is 1. The van der Waals surface area contributed by atoms with E-state index in [9.17, 15) is 33.6 Å². The van der Waals surface area contributed by atoms with Gasteiger partial charge in [0, 0.05) is 31.5 Å². The summed E-state index contributed by atoms with van der Waals surface area (Å²) in [5.41, 5.74) is -0.252. The van der Waals surface area contributed by atoms with Crippen molar-refractivity contribution in [2.45, 2.75) is 154 Å². The van der Waals surface area contributed by atoms with E-state index in [1.54, 1.807) is 0 Å². The highest BCUT2D eigenvalue weighted by Crippen LogP contribution is 2.69. The SMILES string of the molecule is C=C(C)C(=O)OCCOC(=O)C(C(C)=O)=C1Sc2c(OC(=O)CC(C)CC(C)(C)C)c3c(c(OC(=O)CC(C)CC(C)(C)C)c2S1)SC(=C1C(=O)N(CCCC)N(CCCC)C1=O)S3. The van der Waals surface area contributed by atoms with Crippen LogP contribution in [0.4, 0.5) is 0 Å². The third kappa shape index (κ3) is 13.9. The van der Waals surface area contributed by atoms with E-state index in [1.165, 1.54) is 23.9 Å². The molecule has 3 aliphatic rings. The zero-order chi connectivity index (χ0) is 47.8. The van der Waals surface area contributed by atoms with Crippen molar-refractivity contribution in [1.29, 1.82) is 0 Å². The Bertz CT molecular complexity index is 2010. The molecule has 0 aromatic heterocycles. The summed E-state index contributed by atoms with van der Waals surface area (Å²) < 4.78 is 23.6. The van der Waals surface area contributed by atoms with E-state index in [0.717, 1.165) is 72.7 Å². The smallest absolute Gasteiger partial charge is 0.343 e. The fraction of sp³-hybridized carbons (Fsp3) is 0.596. The van der Waals surface area contributed by atoms with Crippen molar-refractivity contribution in [2.75, 3.05) is 26.3 Å². The van der Waals surface area contributed by atoms with Crippen LogP contribution in [0.2, 0.25) is 0 Å². The number of unbranched alkanes of at least 4 members (excludes halogenated alkanes) is 2. The van der Waals surface area contributed by atoms with E-state index in [2.05, 4.69) is 48.1 Å². The van der Waals surface area contributed by atoms with Crippen LogP contribution in [-0.4, -0.2) is 77.8 Å². The summed E-state index contributed by atoms with van der Waals surface area (Å²) in [6.07, 6.45) is 4.66. The molecule has 17 heteroatoms. The van der Waals surface area contributed by atoms with Crippen LogP contribution >= 0.6 is 47.0 Å². The molecular formula is C47H64N2O11S4. The van der Waals surface area contributed by atoms with E-state index < -0.39 is 41.5 Å². The minimum absolute atomic E-state index is 0.0119. The highest BCUT2D eigenvalue weighted by atomic mass is 32.2. The molecule has 2 amide bonds. The first-order valence-corrected chi connectivity index (χ1v) is 25.1. The van der Waals surface area contributed by atoms with Crippen LogP contribution in [0.1, 0.15) is 134 Å². The van der Waals surface area contributed by atoms with Gasteiger partial charge in [-0.1, -0.05) is 136 Å². The Hall–Kier alpha value is -3.67. The molecule has 0 spiro atoms. The lowest BCUT2D eigenvalue weighted by molar-refractivity contribution is -0.148. The van der Waals surface area contributed by atoms with Gasteiger partial charge in [-0.3, -0.25) is 24.0 Å². The molecule has 3 heterocycles. The van der Waals surface area contributed by atoms with Crippen LogP contribution in [-0.2, 0) is 43.0 Å². The first kappa shape index (κ1) is 52.9. The topological polar surface area (TPSA) is 163 Å². The summed E-state index contributed by atoms with van der Waals surface area (Å²) in [6, 6.07) is 0. The maximum atomic E-state index is 14.2. The van der Waals surface area contributed by atoms with Gasteiger partial charge in [0.05, 0.1) is 28.1 Å². The van der Waals surface area contributed by atoms with Gasteiger partial charge in [-0.25, -0.2) is 19.6 Å². The Morgan fingerprint density at radius 2 is 1.03 bits per heavy atom. The number of rotatable bonds is 20. The molecule has 1 saturated heterocycles. The summed E-state index contributed by atoms with van der Waals surface area (Å²) in [6.45, 7) is 26.9. The van der Waals surface area contributed by atoms with Crippen LogP contribution in [0.3, 0.4) is 0 Å². The number of thioether (sulfide) groups is 4. The molecule has 352 valence electrons. The number of nitrogens with zero attached hydrogens (tertiary/aromatic N) is 2. The van der Waals surface area contributed by atoms with E-state index in [4.69, 9.17) is 18.9 Å². The molecule has 2 atom stereocenters. The van der Waals surface area contributed by atoms with Gasteiger partial charge < -0.3 is 18.9 Å². The zero-order valence-electron chi connectivity index (χ0n) is 39.4. The Morgan fingerprint density at radius 1 is 0.641 bits per heavy atom. The summed E-state index contributed by atoms with van der Waals surface area (Å²) >= 11 is 4.18. The predicted octanol–water partition coefficient (Wildman–Crippen LogP) is 10.7. The normalized spacial score (nSPS) is 15.8. The van der Waals surface area contributed by atoms with Crippen LogP contribution in [0.5, 0.6) is 11.5 Å². The Kier molecular flexibility index (Phi) is 18.8. The number of fused-ring (bicyclic) bond motifs is 2. The highest BCUT2D eigenvalue weighted by molar-refractivity contribution is 8.26. The third-order valence-corrected chi connectivity index (χ3v) is 15.1. The molecule has 13 nitrogen and oxygen atoms in total. The molecule has 2 unspecified atom stereocenters. The fourth-order valence-corrected chi connectivity index (χ4v) is 13.1. The number of esters is 4. The first-order valence-electron chi connectivity index (χ1n) is 21.9. The highest BCUT2D eigenvalue weighted by Gasteiger charge is 2.47. The number of hydrogen-bond acceptors (Lipinski definition) is 15. The van der Waals surface area contributed by atoms with Gasteiger partial charge >= 0.3 is 23.9 Å². The second-order valence-corrected chi connectivity index (χ2v) is 23.6. The summed E-state index contributed by atoms with van der Waals surface area (Å²) in [5.74, 6) is -4.05. The lowest BCUT2D eigenvalue weighted by Gasteiger charge is -2.27. The molecule has 0 radical (unpaired) electrons. The number of ketones is 1. The summed E-state index contributed by atoms with van der Waals surface area (Å²) in [7, 11) is 0. The molecule has 1 aromatic rings. The lowest BCUT2D eigenvalue weighted by atomic mass is 9.84. The second-order valence-electron chi connectivity index (χ2n) is 19.0. The molecule has 4 rings (SSSR count). The van der Waals surface area contributed by atoms with E-state index >= 15 is 0 Å². The van der Waals surface area contributed by atoms with Crippen LogP contribution in [0.15, 0.2) is 51.4 Å². The largest absolute Gasteiger partial charge is 0.459 e. The van der Waals surface area contributed by atoms with E-state index in [1.807, 2.05) is 27.7 Å². The Morgan fingerprint density at radius 3 is 1.39 bits per heavy atom. The van der Waals surface area contributed by atoms with Crippen molar-refractivity contribution in [3.63, 3.8) is 0 Å². The molecule has 0 N–H and O–H groups in total. The summed E-state index contributed by atoms with van der Waals surface area (Å²) in [5, 5.41) is 3.03. The Labute approximate surface area is 395 Å². The van der Waals surface area contributed by atoms with Crippen LogP contribution in [0, 0.1) is 22.7 Å². The van der Waals surface area contributed by atoms with Gasteiger partial charge in [0.2, 0.25) is 0 Å². The molecule has 0 saturated carbocycles. The van der Waals surface area contributed by atoms with Gasteiger partial charge in [-0.2, -0.15) is 0 Å². The van der Waals surface area contributed by atoms with Crippen molar-refractivity contribution in [3.05, 3.63) is 31.8 Å². The third-order valence-electron chi connectivity index (χ3n) is 9.90. The Balaban J connectivity index is 1.91. The van der Waals surface area contributed by atoms with Crippen LogP contribution in [0.25, 0.3) is 0 Å². The maximum Gasteiger partial charge on any atom is 0.343 e. The predicted molar refractivity (Wildman–Crippen MR) is 252 cm³/mol. The van der Waals surface area contributed by atoms with Gasteiger partial charge in [0.15, 0.2) is 17.3 Å². The van der Waals surface area contributed by atoms with E-state index in [-0.39, 0.29) is 81.2 Å². The first-order chi connectivity index (χ1) is 29.9. The molecule has 3 aliphatic heterocycles. The van der Waals surface area contributed by atoms with Crippen LogP contribution < -0.4 is 9.47 Å². The lowest BCUT2D eigenvalue weighted by Crippen LogP contribution is -2.42. The molecule has 64 heavy (non-hydrogen) atoms. The van der Waals surface area contributed by atoms with Gasteiger partial charge in [-0.15, -0.1) is 0 Å². The maximum absolute atomic E-state index is 14.2. The zero-order valence-corrected chi connectivity index (χ0v) is 42.6. The van der Waals surface area contributed by atoms with E-state index in [0.29, 0.717) is 49.8 Å². The van der Waals surface area contributed by atoms with Crippen molar-refractivity contribution in [1.82, 2.24) is 10.0 Å². The van der Waals surface area contributed by atoms with Gasteiger partial charge in [-0.05, 0) is 62.2 Å². The molecule has 1 fully saturated rings. The standard InChI is InChI=1S/C47H64N2O11S4/c1-14-16-18-48-40(53)33(41(54)49(48)19-17-15-2)45-63-38-34(59-30(51)22-27(5)24-46(8,9)10)36-37(35(39(38)64-45)60-31(52)23-28(6)25-47(11,12)13)62-44(61-36)32(29(7)50)43(56)58-21-20-57-42(55)26(3)4/h27-28H,3,14-25H2,1-2,4-13H3. The average Bonchev–Trinajstić information content (AvgIpc) is 3.85. The molecule has 1 aromatic carbocycles. The molecule has 0 aliphatic carbocycles. The number of ether oxygens (including phenoxy) is 4. The quantitative estimate of drug-likeness (QED) is 0.0303. The number of amides is 2. The minimum Gasteiger partial charge on any atom is -0.459 e. The second kappa shape index (κ2) is 22.7. The minimum atomic E-state index is -0.965. The average molecular weight is 961 g/mol. The number of benzene rings is 1. The fourth-order valence-electron chi connectivity index (χ4n) is 7.55. The van der Waals surface area contributed by atoms with Crippen molar-refractivity contribution >= 4 is 88.5 Å².